The molecule has 17 heavy (non-hydrogen) atoms. The van der Waals surface area contributed by atoms with Crippen molar-refractivity contribution in [3.8, 4) is 0 Å². The van der Waals surface area contributed by atoms with Gasteiger partial charge in [0.05, 0.1) is 11.7 Å². The summed E-state index contributed by atoms with van der Waals surface area (Å²) < 4.78 is 6.06. The molecule has 0 amide bonds. The molecule has 0 bridgehead atoms. The van der Waals surface area contributed by atoms with Crippen LogP contribution in [0.1, 0.15) is 39.4 Å². The highest BCUT2D eigenvalue weighted by atomic mass is 35.5. The van der Waals surface area contributed by atoms with Crippen molar-refractivity contribution in [1.82, 2.24) is 5.32 Å². The number of nitrogens with one attached hydrogen (secondary N) is 1. The Balaban J connectivity index is 2.81. The second kappa shape index (κ2) is 6.39. The van der Waals surface area contributed by atoms with Gasteiger partial charge in [-0.1, -0.05) is 30.7 Å². The highest BCUT2D eigenvalue weighted by Crippen LogP contribution is 2.25. The third-order valence-corrected chi connectivity index (χ3v) is 2.53. The van der Waals surface area contributed by atoms with Crippen LogP contribution in [0.15, 0.2) is 24.3 Å². The maximum Gasteiger partial charge on any atom is 0.0956 e. The Bertz CT molecular complexity index is 346. The third kappa shape index (κ3) is 5.53. The van der Waals surface area contributed by atoms with Gasteiger partial charge in [0, 0.05) is 11.6 Å². The summed E-state index contributed by atoms with van der Waals surface area (Å²) in [4.78, 5) is 0. The molecular formula is C14H22ClNO. The largest absolute Gasteiger partial charge is 0.367 e. The van der Waals surface area contributed by atoms with Crippen LogP contribution in [0.3, 0.4) is 0 Å². The third-order valence-electron chi connectivity index (χ3n) is 2.30. The summed E-state index contributed by atoms with van der Waals surface area (Å²) in [5.74, 6) is 0. The lowest BCUT2D eigenvalue weighted by Crippen LogP contribution is -2.30. The first-order valence-electron chi connectivity index (χ1n) is 6.06. The van der Waals surface area contributed by atoms with E-state index in [9.17, 15) is 0 Å². The lowest BCUT2D eigenvalue weighted by Gasteiger charge is -2.28. The molecule has 0 saturated carbocycles. The van der Waals surface area contributed by atoms with Crippen LogP contribution in [0.5, 0.6) is 0 Å². The quantitative estimate of drug-likeness (QED) is 0.864. The Morgan fingerprint density at radius 1 is 1.35 bits per heavy atom. The van der Waals surface area contributed by atoms with Gasteiger partial charge in [0.1, 0.15) is 0 Å². The summed E-state index contributed by atoms with van der Waals surface area (Å²) in [6.45, 7) is 10.0. The zero-order valence-electron chi connectivity index (χ0n) is 11.1. The van der Waals surface area contributed by atoms with Gasteiger partial charge in [-0.25, -0.2) is 0 Å². The molecule has 0 heterocycles. The molecule has 1 unspecified atom stereocenters. The molecule has 0 aromatic heterocycles. The van der Waals surface area contributed by atoms with E-state index < -0.39 is 0 Å². The normalized spacial score (nSPS) is 13.7. The van der Waals surface area contributed by atoms with E-state index in [2.05, 4.69) is 39.1 Å². The zero-order chi connectivity index (χ0) is 12.9. The van der Waals surface area contributed by atoms with E-state index in [0.717, 1.165) is 23.7 Å². The maximum atomic E-state index is 6.06. The van der Waals surface area contributed by atoms with E-state index in [-0.39, 0.29) is 11.7 Å². The number of hydrogen-bond donors (Lipinski definition) is 1. The highest BCUT2D eigenvalue weighted by Gasteiger charge is 2.20. The van der Waals surface area contributed by atoms with Crippen LogP contribution in [0.4, 0.5) is 0 Å². The summed E-state index contributed by atoms with van der Waals surface area (Å²) in [5.41, 5.74) is 0.955. The molecule has 1 aromatic rings. The number of ether oxygens (including phenoxy) is 1. The predicted octanol–water partition coefficient (Wildman–Crippen LogP) is 3.81. The average Bonchev–Trinajstić information content (AvgIpc) is 2.22. The lowest BCUT2D eigenvalue weighted by molar-refractivity contribution is -0.0604. The number of hydrogen-bond acceptors (Lipinski definition) is 2. The van der Waals surface area contributed by atoms with Crippen molar-refractivity contribution in [1.29, 1.82) is 0 Å². The molecule has 0 aliphatic carbocycles. The first-order valence-corrected chi connectivity index (χ1v) is 6.44. The van der Waals surface area contributed by atoms with Crippen LogP contribution >= 0.6 is 11.6 Å². The van der Waals surface area contributed by atoms with E-state index in [4.69, 9.17) is 16.3 Å². The van der Waals surface area contributed by atoms with Gasteiger partial charge in [0.2, 0.25) is 0 Å². The number of benzene rings is 1. The molecular weight excluding hydrogens is 234 g/mol. The van der Waals surface area contributed by atoms with Crippen LogP contribution in [-0.4, -0.2) is 18.7 Å². The van der Waals surface area contributed by atoms with Gasteiger partial charge in [-0.3, -0.25) is 0 Å². The van der Waals surface area contributed by atoms with Gasteiger partial charge in [0.25, 0.3) is 0 Å². The van der Waals surface area contributed by atoms with Crippen molar-refractivity contribution >= 4 is 11.6 Å². The van der Waals surface area contributed by atoms with E-state index in [1.165, 1.54) is 0 Å². The van der Waals surface area contributed by atoms with Crippen molar-refractivity contribution in [2.75, 3.05) is 13.1 Å². The smallest absolute Gasteiger partial charge is 0.0956 e. The van der Waals surface area contributed by atoms with E-state index >= 15 is 0 Å². The second-order valence-corrected chi connectivity index (χ2v) is 5.52. The number of rotatable bonds is 5. The fourth-order valence-electron chi connectivity index (χ4n) is 1.64. The molecule has 0 aliphatic heterocycles. The van der Waals surface area contributed by atoms with Gasteiger partial charge in [0.15, 0.2) is 0 Å². The fourth-order valence-corrected chi connectivity index (χ4v) is 1.84. The minimum absolute atomic E-state index is 0.0358. The molecule has 2 nitrogen and oxygen atoms in total. The number of halogens is 1. The average molecular weight is 256 g/mol. The first-order chi connectivity index (χ1) is 7.92. The number of likely N-dealkylation sites (N-methyl/N-ethyl adjacent to an activating group) is 1. The molecule has 0 fully saturated rings. The van der Waals surface area contributed by atoms with Gasteiger partial charge in [-0.05, 0) is 45.0 Å². The maximum absolute atomic E-state index is 6.06. The molecule has 1 N–H and O–H groups in total. The van der Waals surface area contributed by atoms with Crippen LogP contribution in [0, 0.1) is 0 Å². The van der Waals surface area contributed by atoms with Crippen molar-refractivity contribution in [2.45, 2.75) is 39.4 Å². The molecule has 3 heteroatoms. The zero-order valence-corrected chi connectivity index (χ0v) is 11.8. The van der Waals surface area contributed by atoms with Crippen molar-refractivity contribution in [3.63, 3.8) is 0 Å². The molecule has 0 saturated heterocycles. The van der Waals surface area contributed by atoms with Crippen LogP contribution in [0.2, 0.25) is 5.02 Å². The molecule has 1 atom stereocenters. The van der Waals surface area contributed by atoms with E-state index in [1.807, 2.05) is 18.2 Å². The molecule has 1 aromatic carbocycles. The molecule has 0 spiro atoms. The van der Waals surface area contributed by atoms with Crippen LogP contribution in [-0.2, 0) is 4.74 Å². The van der Waals surface area contributed by atoms with Crippen LogP contribution in [0.25, 0.3) is 0 Å². The molecule has 96 valence electrons. The summed E-state index contributed by atoms with van der Waals surface area (Å²) in [6, 6.07) is 7.87. The molecule has 0 aliphatic rings. The Kier molecular flexibility index (Phi) is 5.44. The minimum Gasteiger partial charge on any atom is -0.367 e. The summed E-state index contributed by atoms with van der Waals surface area (Å²) in [7, 11) is 0. The predicted molar refractivity (Wildman–Crippen MR) is 73.6 cm³/mol. The van der Waals surface area contributed by atoms with Gasteiger partial charge in [-0.15, -0.1) is 0 Å². The summed E-state index contributed by atoms with van der Waals surface area (Å²) in [6.07, 6.45) is 0.0358. The Morgan fingerprint density at radius 3 is 2.59 bits per heavy atom. The van der Waals surface area contributed by atoms with Gasteiger partial charge in [-0.2, -0.15) is 0 Å². The minimum atomic E-state index is -0.164. The van der Waals surface area contributed by atoms with Gasteiger partial charge < -0.3 is 10.1 Å². The highest BCUT2D eigenvalue weighted by molar-refractivity contribution is 6.30. The van der Waals surface area contributed by atoms with E-state index in [0.29, 0.717) is 0 Å². The standard InChI is InChI=1S/C14H22ClNO/c1-5-16-10-13(17-14(2,3)4)11-7-6-8-12(15)9-11/h6-9,13,16H,5,10H2,1-4H3. The van der Waals surface area contributed by atoms with Crippen molar-refractivity contribution < 1.29 is 4.74 Å². The van der Waals surface area contributed by atoms with Crippen molar-refractivity contribution in [3.05, 3.63) is 34.9 Å². The Labute approximate surface area is 109 Å². The van der Waals surface area contributed by atoms with Gasteiger partial charge >= 0.3 is 0 Å². The topological polar surface area (TPSA) is 21.3 Å². The van der Waals surface area contributed by atoms with E-state index in [1.54, 1.807) is 0 Å². The second-order valence-electron chi connectivity index (χ2n) is 5.08. The Hall–Kier alpha value is -0.570. The lowest BCUT2D eigenvalue weighted by atomic mass is 10.1. The summed E-state index contributed by atoms with van der Waals surface area (Å²) in [5, 5.41) is 4.07. The molecule has 0 radical (unpaired) electrons. The summed E-state index contributed by atoms with van der Waals surface area (Å²) >= 11 is 6.02. The fraction of sp³-hybridized carbons (Fsp3) is 0.571. The van der Waals surface area contributed by atoms with Crippen LogP contribution < -0.4 is 5.32 Å². The molecule has 1 rings (SSSR count). The van der Waals surface area contributed by atoms with Crippen molar-refractivity contribution in [2.24, 2.45) is 0 Å². The Morgan fingerprint density at radius 2 is 2.06 bits per heavy atom. The first kappa shape index (κ1) is 14.5. The SMILES string of the molecule is CCNCC(OC(C)(C)C)c1cccc(Cl)c1. The monoisotopic (exact) mass is 255 g/mol.